The topological polar surface area (TPSA) is 32.7 Å². The Balaban J connectivity index is 3.56. The first kappa shape index (κ1) is 6.14. The summed E-state index contributed by atoms with van der Waals surface area (Å²) in [6, 6.07) is -0.306. The summed E-state index contributed by atoms with van der Waals surface area (Å²) >= 11 is 0. The lowest BCUT2D eigenvalue weighted by atomic mass is 10.9. The van der Waals surface area contributed by atoms with Crippen LogP contribution in [0.25, 0.3) is 0 Å². The molecule has 0 saturated heterocycles. The molecule has 0 radical (unpaired) electrons. The van der Waals surface area contributed by atoms with Crippen LogP contribution in [-0.4, -0.2) is 31.7 Å². The van der Waals surface area contributed by atoms with Gasteiger partial charge < -0.3 is 4.90 Å². The third-order valence-corrected chi connectivity index (χ3v) is 0.518. The number of nitrogens with zero attached hydrogens (tertiary/aromatic N) is 2. The maximum absolute atomic E-state index is 10.2. The molecule has 0 spiro atoms. The van der Waals surface area contributed by atoms with Gasteiger partial charge in [-0.15, -0.1) is 0 Å². The molecule has 3 heteroatoms. The van der Waals surface area contributed by atoms with Gasteiger partial charge in [0.15, 0.2) is 0 Å². The number of urea groups is 1. The highest BCUT2D eigenvalue weighted by Gasteiger charge is 1.93. The van der Waals surface area contributed by atoms with E-state index < -0.39 is 0 Å². The Morgan fingerprint density at radius 2 is 2.14 bits per heavy atom. The van der Waals surface area contributed by atoms with Gasteiger partial charge in [-0.2, -0.15) is 0 Å². The Labute approximate surface area is 42.7 Å². The number of carbonyl (C=O) groups excluding carboxylic acids is 1. The fourth-order valence-electron chi connectivity index (χ4n) is 0.141. The zero-order chi connectivity index (χ0) is 5.86. The third kappa shape index (κ3) is 1.92. The molecule has 7 heavy (non-hydrogen) atoms. The fraction of sp³-hybridized carbons (Fsp3) is 0.500. The molecule has 0 atom stereocenters. The molecule has 0 aliphatic carbocycles. The van der Waals surface area contributed by atoms with E-state index in [-0.39, 0.29) is 6.03 Å². The van der Waals surface area contributed by atoms with Crippen LogP contribution in [0, 0.1) is 0 Å². The number of amides is 2. The van der Waals surface area contributed by atoms with Gasteiger partial charge in [-0.3, -0.25) is 0 Å². The Kier molecular flexibility index (Phi) is 2.05. The van der Waals surface area contributed by atoms with E-state index >= 15 is 0 Å². The van der Waals surface area contributed by atoms with Crippen molar-refractivity contribution in [2.75, 3.05) is 14.1 Å². The van der Waals surface area contributed by atoms with E-state index in [0.717, 1.165) is 0 Å². The zero-order valence-electron chi connectivity index (χ0n) is 4.51. The highest BCUT2D eigenvalue weighted by atomic mass is 16.2. The van der Waals surface area contributed by atoms with E-state index in [0.29, 0.717) is 0 Å². The average Bonchev–Trinajstić information content (AvgIpc) is 1.65. The predicted octanol–water partition coefficient (Wildman–Crippen LogP) is 0.369. The molecule has 0 aromatic rings. The normalized spacial score (nSPS) is 7.71. The lowest BCUT2D eigenvalue weighted by Crippen LogP contribution is -2.16. The highest BCUT2D eigenvalue weighted by Crippen LogP contribution is 1.78. The highest BCUT2D eigenvalue weighted by molar-refractivity contribution is 5.78. The SMILES string of the molecule is C=NC(=O)N(C)C. The van der Waals surface area contributed by atoms with Crippen molar-refractivity contribution >= 4 is 12.7 Å². The molecule has 0 aliphatic heterocycles. The Morgan fingerprint density at radius 3 is 2.14 bits per heavy atom. The number of hydrogen-bond acceptors (Lipinski definition) is 1. The molecule has 0 N–H and O–H groups in total. The number of carbonyl (C=O) groups is 1. The molecule has 0 unspecified atom stereocenters. The molecule has 2 amide bonds. The van der Waals surface area contributed by atoms with Gasteiger partial charge in [0.05, 0.1) is 0 Å². The molecule has 0 aliphatic rings. The molecule has 0 aromatic carbocycles. The van der Waals surface area contributed by atoms with Crippen LogP contribution in [0.5, 0.6) is 0 Å². The Morgan fingerprint density at radius 1 is 1.71 bits per heavy atom. The van der Waals surface area contributed by atoms with Crippen LogP contribution in [-0.2, 0) is 0 Å². The minimum Gasteiger partial charge on any atom is -0.329 e. The van der Waals surface area contributed by atoms with Crippen LogP contribution < -0.4 is 0 Å². The van der Waals surface area contributed by atoms with Crippen LogP contribution in [0.4, 0.5) is 4.79 Å². The smallest absolute Gasteiger partial charge is 0.329 e. The Hall–Kier alpha value is -0.860. The van der Waals surface area contributed by atoms with Gasteiger partial charge in [0.1, 0.15) is 0 Å². The maximum Gasteiger partial charge on any atom is 0.342 e. The minimum absolute atomic E-state index is 0.306. The van der Waals surface area contributed by atoms with Gasteiger partial charge >= 0.3 is 6.03 Å². The lowest BCUT2D eigenvalue weighted by molar-refractivity contribution is 0.227. The van der Waals surface area contributed by atoms with Crippen LogP contribution in [0.2, 0.25) is 0 Å². The maximum atomic E-state index is 10.2. The summed E-state index contributed by atoms with van der Waals surface area (Å²) in [6.07, 6.45) is 0. The minimum atomic E-state index is -0.306. The average molecular weight is 100 g/mol. The van der Waals surface area contributed by atoms with Crippen molar-refractivity contribution in [3.8, 4) is 0 Å². The predicted molar refractivity (Wildman–Crippen MR) is 28.6 cm³/mol. The lowest BCUT2D eigenvalue weighted by Gasteiger charge is -2.01. The summed E-state index contributed by atoms with van der Waals surface area (Å²) in [5.41, 5.74) is 0. The van der Waals surface area contributed by atoms with E-state index in [1.54, 1.807) is 14.1 Å². The molecule has 0 aromatic heterocycles. The monoisotopic (exact) mass is 100 g/mol. The molecule has 0 bridgehead atoms. The van der Waals surface area contributed by atoms with Crippen molar-refractivity contribution in [1.82, 2.24) is 4.90 Å². The largest absolute Gasteiger partial charge is 0.342 e. The van der Waals surface area contributed by atoms with Crippen LogP contribution in [0.15, 0.2) is 4.99 Å². The van der Waals surface area contributed by atoms with Crippen molar-refractivity contribution in [2.24, 2.45) is 4.99 Å². The summed E-state index contributed by atoms with van der Waals surface area (Å²) in [5, 5.41) is 0. The number of aliphatic imine (C=N–C) groups is 1. The van der Waals surface area contributed by atoms with E-state index in [1.165, 1.54) is 4.90 Å². The van der Waals surface area contributed by atoms with Crippen molar-refractivity contribution < 1.29 is 4.79 Å². The van der Waals surface area contributed by atoms with E-state index in [2.05, 4.69) is 11.7 Å². The van der Waals surface area contributed by atoms with Crippen molar-refractivity contribution in [2.45, 2.75) is 0 Å². The fourth-order valence-corrected chi connectivity index (χ4v) is 0.141. The van der Waals surface area contributed by atoms with E-state index in [4.69, 9.17) is 0 Å². The van der Waals surface area contributed by atoms with Gasteiger partial charge in [0.2, 0.25) is 0 Å². The summed E-state index contributed by atoms with van der Waals surface area (Å²) in [4.78, 5) is 14.7. The van der Waals surface area contributed by atoms with Gasteiger partial charge in [0.25, 0.3) is 0 Å². The van der Waals surface area contributed by atoms with Crippen molar-refractivity contribution in [3.05, 3.63) is 0 Å². The summed E-state index contributed by atoms with van der Waals surface area (Å²) in [7, 11) is 3.24. The standard InChI is InChI=1S/C4H8N2O/c1-5-4(7)6(2)3/h1H2,2-3H3. The first-order chi connectivity index (χ1) is 3.18. The van der Waals surface area contributed by atoms with Crippen molar-refractivity contribution in [3.63, 3.8) is 0 Å². The van der Waals surface area contributed by atoms with Gasteiger partial charge in [0, 0.05) is 14.1 Å². The van der Waals surface area contributed by atoms with Crippen molar-refractivity contribution in [1.29, 1.82) is 0 Å². The summed E-state index contributed by atoms with van der Waals surface area (Å²) < 4.78 is 0. The first-order valence-corrected chi connectivity index (χ1v) is 1.86. The quantitative estimate of drug-likeness (QED) is 0.405. The summed E-state index contributed by atoms with van der Waals surface area (Å²) in [6.45, 7) is 3.04. The second-order valence-electron chi connectivity index (χ2n) is 1.34. The second kappa shape index (κ2) is 2.34. The molecular formula is C4H8N2O. The molecule has 3 nitrogen and oxygen atoms in total. The van der Waals surface area contributed by atoms with E-state index in [1.807, 2.05) is 0 Å². The molecule has 0 fully saturated rings. The molecule has 40 valence electrons. The number of hydrogen-bond donors (Lipinski definition) is 0. The summed E-state index contributed by atoms with van der Waals surface area (Å²) in [5.74, 6) is 0. The van der Waals surface area contributed by atoms with Crippen LogP contribution in [0.1, 0.15) is 0 Å². The van der Waals surface area contributed by atoms with Gasteiger partial charge in [-0.25, -0.2) is 9.79 Å². The third-order valence-electron chi connectivity index (χ3n) is 0.518. The van der Waals surface area contributed by atoms with Crippen LogP contribution in [0.3, 0.4) is 0 Å². The first-order valence-electron chi connectivity index (χ1n) is 1.86. The molecular weight excluding hydrogens is 92.1 g/mol. The molecule has 0 rings (SSSR count). The molecule has 0 heterocycles. The number of rotatable bonds is 0. The second-order valence-corrected chi connectivity index (χ2v) is 1.34. The van der Waals surface area contributed by atoms with Gasteiger partial charge in [-0.1, -0.05) is 0 Å². The van der Waals surface area contributed by atoms with Gasteiger partial charge in [-0.05, 0) is 6.72 Å². The Bertz CT molecular complexity index is 87.7. The van der Waals surface area contributed by atoms with Crippen LogP contribution >= 0.6 is 0 Å². The van der Waals surface area contributed by atoms with E-state index in [9.17, 15) is 4.79 Å². The molecule has 0 saturated carbocycles. The zero-order valence-corrected chi connectivity index (χ0v) is 4.51.